The highest BCUT2D eigenvalue weighted by atomic mass is 35.5. The van der Waals surface area contributed by atoms with Crippen LogP contribution < -0.4 is 4.72 Å². The van der Waals surface area contributed by atoms with Gasteiger partial charge in [-0.3, -0.25) is 14.8 Å². The molecule has 2 rings (SSSR count). The molecule has 0 saturated carbocycles. The number of sulfonamides is 1. The van der Waals surface area contributed by atoms with Crippen LogP contribution in [0.25, 0.3) is 0 Å². The highest BCUT2D eigenvalue weighted by Gasteiger charge is 2.20. The Labute approximate surface area is 136 Å². The van der Waals surface area contributed by atoms with Crippen molar-refractivity contribution < 1.29 is 13.3 Å². The summed E-state index contributed by atoms with van der Waals surface area (Å²) in [4.78, 5) is 9.98. The zero-order valence-electron chi connectivity index (χ0n) is 11.2. The molecule has 0 saturated heterocycles. The minimum Gasteiger partial charge on any atom is -0.279 e. The molecule has 2 aromatic carbocycles. The number of nitrogens with one attached hydrogen (secondary N) is 1. The van der Waals surface area contributed by atoms with Gasteiger partial charge in [-0.1, -0.05) is 29.3 Å². The first-order chi connectivity index (χ1) is 10.2. The van der Waals surface area contributed by atoms with Crippen LogP contribution >= 0.6 is 23.2 Å². The van der Waals surface area contributed by atoms with Gasteiger partial charge in [0.05, 0.1) is 15.6 Å². The fraction of sp³-hybridized carbons (Fsp3) is 0.0769. The van der Waals surface area contributed by atoms with Gasteiger partial charge in [-0.15, -0.1) is 0 Å². The average molecular weight is 361 g/mol. The molecular weight excluding hydrogens is 351 g/mol. The second kappa shape index (κ2) is 6.12. The Morgan fingerprint density at radius 3 is 2.45 bits per heavy atom. The Balaban J connectivity index is 2.47. The summed E-state index contributed by atoms with van der Waals surface area (Å²) in [6.45, 7) is 1.63. The summed E-state index contributed by atoms with van der Waals surface area (Å²) < 4.78 is 27.1. The van der Waals surface area contributed by atoms with Crippen LogP contribution in [-0.4, -0.2) is 13.3 Å². The molecule has 0 unspecified atom stereocenters. The lowest BCUT2D eigenvalue weighted by Gasteiger charge is -2.11. The summed E-state index contributed by atoms with van der Waals surface area (Å²) >= 11 is 11.7. The number of non-ortho nitro benzene ring substituents is 1. The number of rotatable bonds is 4. The molecule has 6 nitrogen and oxygen atoms in total. The van der Waals surface area contributed by atoms with Gasteiger partial charge in [0.25, 0.3) is 15.7 Å². The lowest BCUT2D eigenvalue weighted by atomic mass is 10.2. The van der Waals surface area contributed by atoms with E-state index in [1.807, 2.05) is 0 Å². The van der Waals surface area contributed by atoms with Crippen molar-refractivity contribution in [3.8, 4) is 0 Å². The van der Waals surface area contributed by atoms with Gasteiger partial charge in [-0.05, 0) is 30.7 Å². The van der Waals surface area contributed by atoms with Crippen molar-refractivity contribution in [3.05, 3.63) is 62.1 Å². The maximum atomic E-state index is 12.4. The molecule has 0 aliphatic rings. The highest BCUT2D eigenvalue weighted by molar-refractivity contribution is 7.92. The van der Waals surface area contributed by atoms with Gasteiger partial charge in [0.1, 0.15) is 4.90 Å². The molecule has 9 heteroatoms. The number of hydrogen-bond acceptors (Lipinski definition) is 4. The monoisotopic (exact) mass is 360 g/mol. The molecule has 0 spiro atoms. The number of nitro benzene ring substituents is 1. The predicted molar refractivity (Wildman–Crippen MR) is 85.1 cm³/mol. The Hall–Kier alpha value is -1.83. The number of halogens is 2. The Morgan fingerprint density at radius 1 is 1.14 bits per heavy atom. The third-order valence-corrected chi connectivity index (χ3v) is 4.94. The van der Waals surface area contributed by atoms with E-state index in [4.69, 9.17) is 23.2 Å². The largest absolute Gasteiger partial charge is 0.279 e. The smallest absolute Gasteiger partial charge is 0.271 e. The molecule has 116 valence electrons. The standard InChI is InChI=1S/C13H10Cl2N2O4S/c1-8-2-4-10(17(18)19)7-12(8)16-22(20,21)13-6-9(14)3-5-11(13)15/h2-7,16H,1H3. The molecule has 22 heavy (non-hydrogen) atoms. The lowest BCUT2D eigenvalue weighted by Crippen LogP contribution is -2.14. The van der Waals surface area contributed by atoms with E-state index < -0.39 is 14.9 Å². The Bertz CT molecular complexity index is 853. The second-order valence-corrected chi connectivity index (χ2v) is 6.93. The van der Waals surface area contributed by atoms with Crippen LogP contribution in [0.5, 0.6) is 0 Å². The number of aryl methyl sites for hydroxylation is 1. The van der Waals surface area contributed by atoms with E-state index in [0.717, 1.165) is 6.07 Å². The van der Waals surface area contributed by atoms with Crippen molar-refractivity contribution in [2.24, 2.45) is 0 Å². The molecule has 1 N–H and O–H groups in total. The fourth-order valence-electron chi connectivity index (χ4n) is 1.72. The Kier molecular flexibility index (Phi) is 4.60. The zero-order valence-corrected chi connectivity index (χ0v) is 13.5. The van der Waals surface area contributed by atoms with E-state index >= 15 is 0 Å². The molecule has 0 fully saturated rings. The predicted octanol–water partition coefficient (Wildman–Crippen LogP) is 4.01. The summed E-state index contributed by atoms with van der Waals surface area (Å²) in [6, 6.07) is 7.92. The van der Waals surface area contributed by atoms with E-state index in [9.17, 15) is 18.5 Å². The van der Waals surface area contributed by atoms with Crippen molar-refractivity contribution >= 4 is 44.6 Å². The molecule has 0 amide bonds. The first-order valence-electron chi connectivity index (χ1n) is 5.93. The summed E-state index contributed by atoms with van der Waals surface area (Å²) in [5, 5.41) is 11.0. The summed E-state index contributed by atoms with van der Waals surface area (Å²) in [5.74, 6) is 0. The maximum Gasteiger partial charge on any atom is 0.271 e. The molecule has 2 aromatic rings. The van der Waals surface area contributed by atoms with Crippen LogP contribution in [0.15, 0.2) is 41.3 Å². The van der Waals surface area contributed by atoms with E-state index in [-0.39, 0.29) is 26.3 Å². The molecule has 0 aliphatic heterocycles. The quantitative estimate of drug-likeness (QED) is 0.658. The molecule has 0 aliphatic carbocycles. The first kappa shape index (κ1) is 16.5. The number of benzene rings is 2. The highest BCUT2D eigenvalue weighted by Crippen LogP contribution is 2.29. The first-order valence-corrected chi connectivity index (χ1v) is 8.17. The molecular formula is C13H10Cl2N2O4S. The van der Waals surface area contributed by atoms with Crippen molar-refractivity contribution in [1.82, 2.24) is 0 Å². The van der Waals surface area contributed by atoms with Crippen LogP contribution in [0.2, 0.25) is 10.0 Å². The lowest BCUT2D eigenvalue weighted by molar-refractivity contribution is -0.384. The number of nitro groups is 1. The average Bonchev–Trinajstić information content (AvgIpc) is 2.43. The van der Waals surface area contributed by atoms with Crippen LogP contribution in [0.1, 0.15) is 5.56 Å². The van der Waals surface area contributed by atoms with Gasteiger partial charge in [0.15, 0.2) is 0 Å². The van der Waals surface area contributed by atoms with Gasteiger partial charge in [-0.2, -0.15) is 0 Å². The second-order valence-electron chi connectivity index (χ2n) is 4.44. The van der Waals surface area contributed by atoms with Gasteiger partial charge in [0, 0.05) is 17.2 Å². The molecule has 0 bridgehead atoms. The third kappa shape index (κ3) is 3.49. The molecule has 0 heterocycles. The van der Waals surface area contributed by atoms with E-state index in [0.29, 0.717) is 5.56 Å². The van der Waals surface area contributed by atoms with Gasteiger partial charge < -0.3 is 0 Å². The van der Waals surface area contributed by atoms with E-state index in [1.54, 1.807) is 6.92 Å². The summed E-state index contributed by atoms with van der Waals surface area (Å²) in [6.07, 6.45) is 0. The van der Waals surface area contributed by atoms with Crippen molar-refractivity contribution in [3.63, 3.8) is 0 Å². The number of anilines is 1. The van der Waals surface area contributed by atoms with Gasteiger partial charge >= 0.3 is 0 Å². The van der Waals surface area contributed by atoms with Crippen LogP contribution in [0.4, 0.5) is 11.4 Å². The SMILES string of the molecule is Cc1ccc([N+](=O)[O-])cc1NS(=O)(=O)c1cc(Cl)ccc1Cl. The number of nitrogens with zero attached hydrogens (tertiary/aromatic N) is 1. The minimum atomic E-state index is -4.02. The Morgan fingerprint density at radius 2 is 1.82 bits per heavy atom. The van der Waals surface area contributed by atoms with Gasteiger partial charge in [-0.25, -0.2) is 8.42 Å². The molecule has 0 aromatic heterocycles. The van der Waals surface area contributed by atoms with Gasteiger partial charge in [0.2, 0.25) is 0 Å². The zero-order chi connectivity index (χ0) is 16.5. The molecule has 0 atom stereocenters. The third-order valence-electron chi connectivity index (χ3n) is 2.86. The van der Waals surface area contributed by atoms with Crippen LogP contribution in [-0.2, 0) is 10.0 Å². The minimum absolute atomic E-state index is 0.0000149. The topological polar surface area (TPSA) is 89.3 Å². The fourth-order valence-corrected chi connectivity index (χ4v) is 3.60. The normalized spacial score (nSPS) is 11.2. The van der Waals surface area contributed by atoms with Crippen molar-refractivity contribution in [2.75, 3.05) is 4.72 Å². The maximum absolute atomic E-state index is 12.4. The molecule has 0 radical (unpaired) electrons. The number of hydrogen-bond donors (Lipinski definition) is 1. The van der Waals surface area contributed by atoms with Crippen LogP contribution in [0, 0.1) is 17.0 Å². The summed E-state index contributed by atoms with van der Waals surface area (Å²) in [5.41, 5.74) is 0.415. The van der Waals surface area contributed by atoms with Crippen LogP contribution in [0.3, 0.4) is 0 Å². The van der Waals surface area contributed by atoms with E-state index in [2.05, 4.69) is 4.72 Å². The summed E-state index contributed by atoms with van der Waals surface area (Å²) in [7, 11) is -4.02. The van der Waals surface area contributed by atoms with Crippen molar-refractivity contribution in [2.45, 2.75) is 11.8 Å². The van der Waals surface area contributed by atoms with Crippen molar-refractivity contribution in [1.29, 1.82) is 0 Å². The van der Waals surface area contributed by atoms with E-state index in [1.165, 1.54) is 30.3 Å².